The quantitative estimate of drug-likeness (QED) is 0.809. The summed E-state index contributed by atoms with van der Waals surface area (Å²) < 4.78 is 7.29. The molecule has 0 saturated carbocycles. The first-order chi connectivity index (χ1) is 9.98. The summed E-state index contributed by atoms with van der Waals surface area (Å²) in [5.74, 6) is 0. The number of nitrogens with zero attached hydrogens (tertiary/aromatic N) is 2. The van der Waals surface area contributed by atoms with E-state index in [0.29, 0.717) is 36.3 Å². The van der Waals surface area contributed by atoms with Crippen LogP contribution >= 0.6 is 15.9 Å². The number of hydrogen-bond acceptors (Lipinski definition) is 5. The monoisotopic (exact) mass is 359 g/mol. The minimum Gasteiger partial charge on any atom is -0.385 e. The lowest BCUT2D eigenvalue weighted by Crippen LogP contribution is -2.43. The molecule has 6 nitrogen and oxygen atoms in total. The topological polar surface area (TPSA) is 76.4 Å². The highest BCUT2D eigenvalue weighted by atomic mass is 79.9. The average Bonchev–Trinajstić information content (AvgIpc) is 2.79. The van der Waals surface area contributed by atoms with Crippen LogP contribution in [0.2, 0.25) is 0 Å². The second-order valence-electron chi connectivity index (χ2n) is 5.47. The molecule has 0 aromatic carbocycles. The molecule has 7 heteroatoms. The second kappa shape index (κ2) is 6.89. The maximum atomic E-state index is 12.2. The number of ether oxygens (including phenoxy) is 1. The normalized spacial score (nSPS) is 25.2. The first-order valence-electron chi connectivity index (χ1n) is 7.31. The van der Waals surface area contributed by atoms with Gasteiger partial charge in [0, 0.05) is 26.1 Å². The molecular weight excluding hydrogens is 338 g/mol. The largest absolute Gasteiger partial charge is 0.385 e. The summed E-state index contributed by atoms with van der Waals surface area (Å²) in [5, 5.41) is 17.7. The third-order valence-electron chi connectivity index (χ3n) is 3.95. The SMILES string of the molecule is CCCCn1ncc(NCC2(O)CCOC2C)c(Br)c1=O. The Morgan fingerprint density at radius 1 is 1.67 bits per heavy atom. The van der Waals surface area contributed by atoms with Crippen LogP contribution < -0.4 is 10.9 Å². The van der Waals surface area contributed by atoms with Gasteiger partial charge in [-0.2, -0.15) is 5.10 Å². The maximum absolute atomic E-state index is 12.2. The maximum Gasteiger partial charge on any atom is 0.283 e. The number of anilines is 1. The van der Waals surface area contributed by atoms with Crippen molar-refractivity contribution in [3.63, 3.8) is 0 Å². The lowest BCUT2D eigenvalue weighted by molar-refractivity contribution is -0.0176. The minimum absolute atomic E-state index is 0.156. The number of aromatic nitrogens is 2. The Kier molecular flexibility index (Phi) is 5.40. The fourth-order valence-corrected chi connectivity index (χ4v) is 2.75. The summed E-state index contributed by atoms with van der Waals surface area (Å²) in [6, 6.07) is 0. The van der Waals surface area contributed by atoms with Crippen LogP contribution in [0.3, 0.4) is 0 Å². The van der Waals surface area contributed by atoms with E-state index in [0.717, 1.165) is 12.8 Å². The smallest absolute Gasteiger partial charge is 0.283 e. The molecule has 2 atom stereocenters. The van der Waals surface area contributed by atoms with Crippen molar-refractivity contribution in [1.29, 1.82) is 0 Å². The molecule has 1 aliphatic heterocycles. The van der Waals surface area contributed by atoms with Crippen molar-refractivity contribution >= 4 is 21.6 Å². The zero-order valence-electron chi connectivity index (χ0n) is 12.4. The molecule has 0 spiro atoms. The standard InChI is InChI=1S/C14H22BrN3O3/c1-3-4-6-18-13(19)12(15)11(8-17-18)16-9-14(20)5-7-21-10(14)2/h8,10,16,20H,3-7,9H2,1-2H3. The molecule has 1 saturated heterocycles. The molecule has 2 N–H and O–H groups in total. The van der Waals surface area contributed by atoms with Gasteiger partial charge in [-0.25, -0.2) is 4.68 Å². The van der Waals surface area contributed by atoms with E-state index >= 15 is 0 Å². The van der Waals surface area contributed by atoms with Gasteiger partial charge in [0.05, 0.1) is 18.0 Å². The lowest BCUT2D eigenvalue weighted by Gasteiger charge is -2.26. The Bertz CT molecular complexity index is 549. The summed E-state index contributed by atoms with van der Waals surface area (Å²) in [7, 11) is 0. The van der Waals surface area contributed by atoms with Gasteiger partial charge in [-0.1, -0.05) is 13.3 Å². The van der Waals surface area contributed by atoms with Gasteiger partial charge < -0.3 is 15.2 Å². The summed E-state index contributed by atoms with van der Waals surface area (Å²) >= 11 is 3.32. The van der Waals surface area contributed by atoms with Crippen molar-refractivity contribution in [1.82, 2.24) is 9.78 Å². The van der Waals surface area contributed by atoms with Crippen molar-refractivity contribution in [2.24, 2.45) is 0 Å². The summed E-state index contributed by atoms with van der Waals surface area (Å²) in [6.07, 6.45) is 3.91. The highest BCUT2D eigenvalue weighted by Crippen LogP contribution is 2.27. The molecule has 1 aliphatic rings. The van der Waals surface area contributed by atoms with Gasteiger partial charge in [0.2, 0.25) is 0 Å². The third-order valence-corrected chi connectivity index (χ3v) is 4.72. The second-order valence-corrected chi connectivity index (χ2v) is 6.27. The summed E-state index contributed by atoms with van der Waals surface area (Å²) in [4.78, 5) is 12.2. The van der Waals surface area contributed by atoms with Gasteiger partial charge in [-0.05, 0) is 29.3 Å². The van der Waals surface area contributed by atoms with Crippen LogP contribution in [-0.2, 0) is 11.3 Å². The molecule has 0 amide bonds. The lowest BCUT2D eigenvalue weighted by atomic mass is 9.97. The van der Waals surface area contributed by atoms with Crippen LogP contribution in [0.15, 0.2) is 15.5 Å². The molecule has 1 aromatic rings. The van der Waals surface area contributed by atoms with E-state index in [-0.39, 0.29) is 11.7 Å². The van der Waals surface area contributed by atoms with Gasteiger partial charge in [0.1, 0.15) is 10.1 Å². The predicted octanol–water partition coefficient (Wildman–Crippen LogP) is 1.76. The van der Waals surface area contributed by atoms with Crippen LogP contribution in [0.5, 0.6) is 0 Å². The van der Waals surface area contributed by atoms with Crippen LogP contribution in [0.25, 0.3) is 0 Å². The highest BCUT2D eigenvalue weighted by Gasteiger charge is 2.39. The number of aryl methyl sites for hydroxylation is 1. The molecule has 118 valence electrons. The molecule has 1 fully saturated rings. The minimum atomic E-state index is -0.906. The van der Waals surface area contributed by atoms with Crippen molar-refractivity contribution in [2.75, 3.05) is 18.5 Å². The number of aliphatic hydroxyl groups is 1. The molecule has 1 aromatic heterocycles. The molecule has 0 bridgehead atoms. The molecule has 21 heavy (non-hydrogen) atoms. The van der Waals surface area contributed by atoms with E-state index in [9.17, 15) is 9.90 Å². The predicted molar refractivity (Wildman–Crippen MR) is 84.6 cm³/mol. The first-order valence-corrected chi connectivity index (χ1v) is 8.10. The summed E-state index contributed by atoms with van der Waals surface area (Å²) in [6.45, 7) is 5.42. The number of nitrogens with one attached hydrogen (secondary N) is 1. The Hall–Kier alpha value is -0.920. The van der Waals surface area contributed by atoms with Crippen LogP contribution in [0.1, 0.15) is 33.1 Å². The first kappa shape index (κ1) is 16.5. The number of rotatable bonds is 6. The molecule has 2 unspecified atom stereocenters. The molecular formula is C14H22BrN3O3. The van der Waals surface area contributed by atoms with E-state index in [1.807, 2.05) is 6.92 Å². The Morgan fingerprint density at radius 2 is 2.43 bits per heavy atom. The Labute approximate surface area is 132 Å². The zero-order chi connectivity index (χ0) is 15.5. The molecule has 2 heterocycles. The fraction of sp³-hybridized carbons (Fsp3) is 0.714. The van der Waals surface area contributed by atoms with Gasteiger partial charge in [0.15, 0.2) is 0 Å². The Balaban J connectivity index is 2.07. The van der Waals surface area contributed by atoms with E-state index in [2.05, 4.69) is 33.3 Å². The van der Waals surface area contributed by atoms with Gasteiger partial charge >= 0.3 is 0 Å². The van der Waals surface area contributed by atoms with Crippen molar-refractivity contribution in [3.05, 3.63) is 21.0 Å². The van der Waals surface area contributed by atoms with E-state index in [4.69, 9.17) is 4.74 Å². The van der Waals surface area contributed by atoms with Crippen LogP contribution in [0, 0.1) is 0 Å². The number of hydrogen-bond donors (Lipinski definition) is 2. The molecule has 0 aliphatic carbocycles. The average molecular weight is 360 g/mol. The van der Waals surface area contributed by atoms with Crippen LogP contribution in [0.4, 0.5) is 5.69 Å². The van der Waals surface area contributed by atoms with Gasteiger partial charge in [-0.3, -0.25) is 4.79 Å². The van der Waals surface area contributed by atoms with E-state index in [1.54, 1.807) is 6.20 Å². The molecule has 2 rings (SSSR count). The van der Waals surface area contributed by atoms with E-state index < -0.39 is 5.60 Å². The zero-order valence-corrected chi connectivity index (χ0v) is 14.0. The third kappa shape index (κ3) is 3.64. The van der Waals surface area contributed by atoms with Crippen molar-refractivity contribution in [2.45, 2.75) is 51.4 Å². The van der Waals surface area contributed by atoms with E-state index in [1.165, 1.54) is 4.68 Å². The van der Waals surface area contributed by atoms with Crippen molar-refractivity contribution < 1.29 is 9.84 Å². The number of halogens is 1. The van der Waals surface area contributed by atoms with Gasteiger partial charge in [-0.15, -0.1) is 0 Å². The fourth-order valence-electron chi connectivity index (χ4n) is 2.31. The highest BCUT2D eigenvalue weighted by molar-refractivity contribution is 9.10. The van der Waals surface area contributed by atoms with Crippen LogP contribution in [-0.4, -0.2) is 39.7 Å². The molecule has 0 radical (unpaired) electrons. The Morgan fingerprint density at radius 3 is 3.05 bits per heavy atom. The summed E-state index contributed by atoms with van der Waals surface area (Å²) in [5.41, 5.74) is -0.465. The number of unbranched alkanes of at least 4 members (excludes halogenated alkanes) is 1. The van der Waals surface area contributed by atoms with Crippen molar-refractivity contribution in [3.8, 4) is 0 Å². The van der Waals surface area contributed by atoms with Gasteiger partial charge in [0.25, 0.3) is 5.56 Å².